The molecule has 0 saturated heterocycles. The fraction of sp³-hybridized carbons (Fsp3) is 0.125. The first kappa shape index (κ1) is 14.2. The number of rotatable bonds is 4. The Labute approximate surface area is 122 Å². The lowest BCUT2D eigenvalue weighted by molar-refractivity contribution is 0.260. The number of hydrogen-bond acceptors (Lipinski definition) is 3. The van der Waals surface area contributed by atoms with Crippen LogP contribution in [-0.4, -0.2) is 5.24 Å². The lowest BCUT2D eigenvalue weighted by Gasteiger charge is -2.05. The van der Waals surface area contributed by atoms with Crippen LogP contribution in [-0.2, 0) is 12.3 Å². The molecule has 3 nitrogen and oxygen atoms in total. The lowest BCUT2D eigenvalue weighted by atomic mass is 10.1. The van der Waals surface area contributed by atoms with Gasteiger partial charge in [-0.05, 0) is 23.3 Å². The molecule has 2 aromatic rings. The van der Waals surface area contributed by atoms with E-state index in [1.807, 2.05) is 42.5 Å². The van der Waals surface area contributed by atoms with E-state index in [1.54, 1.807) is 12.1 Å². The molecule has 100 valence electrons. The molecule has 0 aliphatic heterocycles. The number of carbonyl (C=O) groups is 1. The molecule has 0 aliphatic carbocycles. The third-order valence-corrected chi connectivity index (χ3v) is 3.62. The molecule has 2 rings (SSSR count). The first-order valence-electron chi connectivity index (χ1n) is 6.21. The van der Waals surface area contributed by atoms with Gasteiger partial charge in [-0.2, -0.15) is 5.26 Å². The summed E-state index contributed by atoms with van der Waals surface area (Å²) in [6.07, 6.45) is 0. The standard InChI is InChI=1S/C16H14N2OS/c17-10-13-6-8-14(9-7-13)11-18-16(19)20-12-15-4-2-1-3-5-15/h1-9H,11-12H2,(H,18,19). The van der Waals surface area contributed by atoms with Gasteiger partial charge in [0.1, 0.15) is 0 Å². The van der Waals surface area contributed by atoms with Crippen LogP contribution in [0.5, 0.6) is 0 Å². The maximum atomic E-state index is 11.7. The largest absolute Gasteiger partial charge is 0.343 e. The van der Waals surface area contributed by atoms with Crippen molar-refractivity contribution in [2.24, 2.45) is 0 Å². The summed E-state index contributed by atoms with van der Waals surface area (Å²) >= 11 is 1.25. The molecule has 0 fully saturated rings. The Hall–Kier alpha value is -2.25. The first-order valence-corrected chi connectivity index (χ1v) is 7.20. The van der Waals surface area contributed by atoms with Crippen LogP contribution in [0.4, 0.5) is 4.79 Å². The smallest absolute Gasteiger partial charge is 0.279 e. The van der Waals surface area contributed by atoms with Gasteiger partial charge in [0.15, 0.2) is 0 Å². The molecule has 0 spiro atoms. The van der Waals surface area contributed by atoms with E-state index in [-0.39, 0.29) is 5.24 Å². The minimum absolute atomic E-state index is 0.0433. The van der Waals surface area contributed by atoms with Crippen molar-refractivity contribution >= 4 is 17.0 Å². The van der Waals surface area contributed by atoms with Gasteiger partial charge in [-0.15, -0.1) is 0 Å². The van der Waals surface area contributed by atoms with Crippen LogP contribution >= 0.6 is 11.8 Å². The molecule has 1 N–H and O–H groups in total. The third kappa shape index (κ3) is 4.45. The van der Waals surface area contributed by atoms with Crippen molar-refractivity contribution in [3.05, 3.63) is 71.3 Å². The number of benzene rings is 2. The van der Waals surface area contributed by atoms with Gasteiger partial charge >= 0.3 is 0 Å². The lowest BCUT2D eigenvalue weighted by Crippen LogP contribution is -2.17. The second-order valence-corrected chi connectivity index (χ2v) is 5.17. The Morgan fingerprint density at radius 2 is 1.75 bits per heavy atom. The van der Waals surface area contributed by atoms with Crippen LogP contribution in [0.15, 0.2) is 54.6 Å². The second kappa shape index (κ2) is 7.37. The maximum Gasteiger partial charge on any atom is 0.279 e. The Balaban J connectivity index is 1.76. The Morgan fingerprint density at radius 1 is 1.05 bits per heavy atom. The van der Waals surface area contributed by atoms with Crippen molar-refractivity contribution in [3.63, 3.8) is 0 Å². The van der Waals surface area contributed by atoms with E-state index in [0.717, 1.165) is 11.1 Å². The van der Waals surface area contributed by atoms with Crippen molar-refractivity contribution < 1.29 is 4.79 Å². The molecule has 0 bridgehead atoms. The van der Waals surface area contributed by atoms with E-state index < -0.39 is 0 Å². The van der Waals surface area contributed by atoms with Crippen molar-refractivity contribution in [1.29, 1.82) is 5.26 Å². The van der Waals surface area contributed by atoms with Gasteiger partial charge in [0.05, 0.1) is 11.6 Å². The van der Waals surface area contributed by atoms with E-state index in [1.165, 1.54) is 11.8 Å². The summed E-state index contributed by atoms with van der Waals surface area (Å²) in [5.41, 5.74) is 2.74. The molecular formula is C16H14N2OS. The minimum Gasteiger partial charge on any atom is -0.343 e. The Kier molecular flexibility index (Phi) is 5.22. The second-order valence-electron chi connectivity index (χ2n) is 4.22. The zero-order valence-corrected chi connectivity index (χ0v) is 11.7. The summed E-state index contributed by atoms with van der Waals surface area (Å²) in [6.45, 7) is 0.479. The highest BCUT2D eigenvalue weighted by atomic mass is 32.2. The number of nitrogens with zero attached hydrogens (tertiary/aromatic N) is 1. The Morgan fingerprint density at radius 3 is 2.40 bits per heavy atom. The highest BCUT2D eigenvalue weighted by Crippen LogP contribution is 2.12. The zero-order chi connectivity index (χ0) is 14.2. The van der Waals surface area contributed by atoms with Gasteiger partial charge in [-0.3, -0.25) is 4.79 Å². The normalized spacial score (nSPS) is 9.75. The summed E-state index contributed by atoms with van der Waals surface area (Å²) in [5.74, 6) is 0.667. The number of thioether (sulfide) groups is 1. The molecule has 2 aromatic carbocycles. The van der Waals surface area contributed by atoms with Crippen LogP contribution < -0.4 is 5.32 Å². The third-order valence-electron chi connectivity index (χ3n) is 2.73. The molecule has 0 aliphatic rings. The van der Waals surface area contributed by atoms with Crippen molar-refractivity contribution in [2.75, 3.05) is 0 Å². The van der Waals surface area contributed by atoms with Gasteiger partial charge < -0.3 is 5.32 Å². The van der Waals surface area contributed by atoms with E-state index in [9.17, 15) is 4.79 Å². The number of carbonyl (C=O) groups excluding carboxylic acids is 1. The van der Waals surface area contributed by atoms with E-state index in [2.05, 4.69) is 11.4 Å². The molecule has 4 heteroatoms. The van der Waals surface area contributed by atoms with Crippen molar-refractivity contribution in [3.8, 4) is 6.07 Å². The quantitative estimate of drug-likeness (QED) is 0.930. The molecule has 0 saturated carbocycles. The number of nitrogens with one attached hydrogen (secondary N) is 1. The van der Waals surface area contributed by atoms with Crippen LogP contribution in [0.1, 0.15) is 16.7 Å². The van der Waals surface area contributed by atoms with Gasteiger partial charge in [0.25, 0.3) is 5.24 Å². The van der Waals surface area contributed by atoms with Crippen LogP contribution in [0.25, 0.3) is 0 Å². The van der Waals surface area contributed by atoms with Crippen molar-refractivity contribution in [2.45, 2.75) is 12.3 Å². The molecule has 0 heterocycles. The summed E-state index contributed by atoms with van der Waals surface area (Å²) < 4.78 is 0. The monoisotopic (exact) mass is 282 g/mol. The fourth-order valence-electron chi connectivity index (χ4n) is 1.65. The summed E-state index contributed by atoms with van der Waals surface area (Å²) in [5, 5.41) is 11.5. The first-order chi connectivity index (χ1) is 9.78. The van der Waals surface area contributed by atoms with E-state index in [4.69, 9.17) is 5.26 Å². The van der Waals surface area contributed by atoms with E-state index in [0.29, 0.717) is 17.9 Å². The van der Waals surface area contributed by atoms with Crippen LogP contribution in [0.2, 0.25) is 0 Å². The average molecular weight is 282 g/mol. The zero-order valence-electron chi connectivity index (χ0n) is 10.9. The molecular weight excluding hydrogens is 268 g/mol. The number of amides is 1. The van der Waals surface area contributed by atoms with Gasteiger partial charge in [0, 0.05) is 12.3 Å². The predicted molar refractivity (Wildman–Crippen MR) is 81.1 cm³/mol. The molecule has 0 radical (unpaired) electrons. The minimum atomic E-state index is -0.0433. The van der Waals surface area contributed by atoms with Crippen molar-refractivity contribution in [1.82, 2.24) is 5.32 Å². The topological polar surface area (TPSA) is 52.9 Å². The molecule has 1 amide bonds. The predicted octanol–water partition coefficient (Wildman–Crippen LogP) is 3.70. The SMILES string of the molecule is N#Cc1ccc(CNC(=O)SCc2ccccc2)cc1. The highest BCUT2D eigenvalue weighted by Gasteiger charge is 2.03. The molecule has 0 atom stereocenters. The molecule has 0 aromatic heterocycles. The van der Waals surface area contributed by atoms with Crippen LogP contribution in [0, 0.1) is 11.3 Å². The maximum absolute atomic E-state index is 11.7. The summed E-state index contributed by atoms with van der Waals surface area (Å²) in [4.78, 5) is 11.7. The van der Waals surface area contributed by atoms with E-state index >= 15 is 0 Å². The van der Waals surface area contributed by atoms with Gasteiger partial charge in [0.2, 0.25) is 0 Å². The van der Waals surface area contributed by atoms with Gasteiger partial charge in [-0.1, -0.05) is 54.2 Å². The Bertz CT molecular complexity index is 603. The van der Waals surface area contributed by atoms with Crippen LogP contribution in [0.3, 0.4) is 0 Å². The number of nitriles is 1. The fourth-order valence-corrected chi connectivity index (χ4v) is 2.31. The average Bonchev–Trinajstić information content (AvgIpc) is 2.52. The van der Waals surface area contributed by atoms with Gasteiger partial charge in [-0.25, -0.2) is 0 Å². The molecule has 20 heavy (non-hydrogen) atoms. The highest BCUT2D eigenvalue weighted by molar-refractivity contribution is 8.12. The number of hydrogen-bond donors (Lipinski definition) is 1. The molecule has 0 unspecified atom stereocenters. The summed E-state index contributed by atoms with van der Waals surface area (Å²) in [6, 6.07) is 19.1. The summed E-state index contributed by atoms with van der Waals surface area (Å²) in [7, 11) is 0.